The molecular formula is C23H27FN4O4. The topological polar surface area (TPSA) is 79.5 Å². The Balaban J connectivity index is 1.65. The fourth-order valence-electron chi connectivity index (χ4n) is 3.32. The van der Waals surface area contributed by atoms with Crippen LogP contribution in [0.15, 0.2) is 36.4 Å². The number of ether oxygens (including phenoxy) is 2. The van der Waals surface area contributed by atoms with E-state index in [9.17, 15) is 14.3 Å². The Morgan fingerprint density at radius 1 is 1.31 bits per heavy atom. The van der Waals surface area contributed by atoms with Crippen molar-refractivity contribution in [2.45, 2.75) is 39.0 Å². The van der Waals surface area contributed by atoms with E-state index in [1.54, 1.807) is 32.9 Å². The zero-order valence-electron chi connectivity index (χ0n) is 18.4. The third-order valence-electron chi connectivity index (χ3n) is 4.90. The number of pyridine rings is 1. The van der Waals surface area contributed by atoms with Gasteiger partial charge in [-0.15, -0.1) is 0 Å². The van der Waals surface area contributed by atoms with Crippen LogP contribution in [0.1, 0.15) is 26.3 Å². The van der Waals surface area contributed by atoms with Gasteiger partial charge in [-0.1, -0.05) is 18.2 Å². The summed E-state index contributed by atoms with van der Waals surface area (Å²) >= 11 is 0. The summed E-state index contributed by atoms with van der Waals surface area (Å²) in [6, 6.07) is 9.08. The Hall–Kier alpha value is -3.38. The molecule has 0 bridgehead atoms. The van der Waals surface area contributed by atoms with Gasteiger partial charge in [0.2, 0.25) is 5.88 Å². The van der Waals surface area contributed by atoms with E-state index in [0.717, 1.165) is 0 Å². The molecule has 1 aromatic heterocycles. The summed E-state index contributed by atoms with van der Waals surface area (Å²) in [5, 5.41) is 9.83. The smallest absolute Gasteiger partial charge is 0.410 e. The molecule has 2 heterocycles. The van der Waals surface area contributed by atoms with Crippen molar-refractivity contribution in [3.05, 3.63) is 59.2 Å². The number of aliphatic hydroxyl groups excluding tert-OH is 1. The molecule has 1 aliphatic heterocycles. The van der Waals surface area contributed by atoms with E-state index in [-0.39, 0.29) is 18.9 Å². The quantitative estimate of drug-likeness (QED) is 0.711. The van der Waals surface area contributed by atoms with Gasteiger partial charge >= 0.3 is 6.09 Å². The molecule has 0 unspecified atom stereocenters. The molecule has 0 radical (unpaired) electrons. The summed E-state index contributed by atoms with van der Waals surface area (Å²) < 4.78 is 25.2. The van der Waals surface area contributed by atoms with E-state index in [0.29, 0.717) is 36.9 Å². The second-order valence-electron chi connectivity index (χ2n) is 8.47. The number of halogens is 1. The average molecular weight is 442 g/mol. The zero-order chi connectivity index (χ0) is 23.3. The molecule has 0 saturated carbocycles. The highest BCUT2D eigenvalue weighted by Gasteiger charge is 2.33. The lowest BCUT2D eigenvalue weighted by Crippen LogP contribution is -2.57. The van der Waals surface area contributed by atoms with E-state index in [1.165, 1.54) is 23.1 Å². The molecule has 3 rings (SSSR count). The van der Waals surface area contributed by atoms with Crippen molar-refractivity contribution >= 4 is 17.6 Å². The lowest BCUT2D eigenvalue weighted by atomic mass is 10.1. The fourth-order valence-corrected chi connectivity index (χ4v) is 3.32. The van der Waals surface area contributed by atoms with Gasteiger partial charge < -0.3 is 19.5 Å². The van der Waals surface area contributed by atoms with Crippen molar-refractivity contribution in [3.63, 3.8) is 0 Å². The zero-order valence-corrected chi connectivity index (χ0v) is 18.4. The first-order valence-electron chi connectivity index (χ1n) is 10.3. The Kier molecular flexibility index (Phi) is 7.15. The van der Waals surface area contributed by atoms with Crippen molar-refractivity contribution < 1.29 is 23.8 Å². The minimum atomic E-state index is -0.614. The predicted molar refractivity (Wildman–Crippen MR) is 117 cm³/mol. The average Bonchev–Trinajstić information content (AvgIpc) is 2.76. The Bertz CT molecular complexity index is 1000. The second-order valence-corrected chi connectivity index (χ2v) is 8.47. The van der Waals surface area contributed by atoms with Crippen LogP contribution in [0.5, 0.6) is 5.88 Å². The summed E-state index contributed by atoms with van der Waals surface area (Å²) in [7, 11) is 0. The predicted octanol–water partition coefficient (Wildman–Crippen LogP) is 3.77. The van der Waals surface area contributed by atoms with Crippen LogP contribution in [0, 0.1) is 12.4 Å². The Morgan fingerprint density at radius 3 is 2.75 bits per heavy atom. The minimum absolute atomic E-state index is 0.0216. The summed E-state index contributed by atoms with van der Waals surface area (Å²) in [5.41, 5.74) is -0.0525. The number of amides is 1. The van der Waals surface area contributed by atoms with Crippen molar-refractivity contribution in [3.8, 4) is 5.88 Å². The molecule has 0 spiro atoms. The molecule has 1 atom stereocenters. The van der Waals surface area contributed by atoms with Gasteiger partial charge in [0.25, 0.3) is 0 Å². The summed E-state index contributed by atoms with van der Waals surface area (Å²) in [6.45, 7) is 13.4. The van der Waals surface area contributed by atoms with E-state index < -0.39 is 23.6 Å². The molecule has 1 aromatic carbocycles. The van der Waals surface area contributed by atoms with Gasteiger partial charge in [0.05, 0.1) is 19.2 Å². The first kappa shape index (κ1) is 23.3. The van der Waals surface area contributed by atoms with Crippen molar-refractivity contribution in [1.29, 1.82) is 0 Å². The largest absolute Gasteiger partial charge is 0.473 e. The number of nitrogens with zero attached hydrogens (tertiary/aromatic N) is 4. The standard InChI is InChI=1S/C23H27FN4O4/c1-23(2,3)32-22(30)28-11-10-27(13-18(28)14-29)20-6-5-7-21(26-20)31-15-16-8-9-17(25-4)12-19(16)24/h5-9,12,18,29H,10-11,13-15H2,1-3H3/t18-/m1/s1. The van der Waals surface area contributed by atoms with Crippen LogP contribution < -0.4 is 9.64 Å². The number of carbonyl (C=O) groups excluding carboxylic acids is 1. The van der Waals surface area contributed by atoms with Gasteiger partial charge in [0, 0.05) is 31.3 Å². The summed E-state index contributed by atoms with van der Waals surface area (Å²) in [6.07, 6.45) is -0.451. The molecule has 2 aromatic rings. The molecule has 9 heteroatoms. The third-order valence-corrected chi connectivity index (χ3v) is 4.90. The van der Waals surface area contributed by atoms with Crippen molar-refractivity contribution in [2.24, 2.45) is 0 Å². The van der Waals surface area contributed by atoms with Gasteiger partial charge in [-0.3, -0.25) is 4.90 Å². The van der Waals surface area contributed by atoms with E-state index >= 15 is 0 Å². The van der Waals surface area contributed by atoms with Gasteiger partial charge in [-0.2, -0.15) is 4.98 Å². The van der Waals surface area contributed by atoms with Gasteiger partial charge in [0.15, 0.2) is 5.69 Å². The number of hydrogen-bond acceptors (Lipinski definition) is 6. The summed E-state index contributed by atoms with van der Waals surface area (Å²) in [4.78, 5) is 23.6. The maximum absolute atomic E-state index is 14.1. The number of anilines is 1. The van der Waals surface area contributed by atoms with Crippen LogP contribution in [0.2, 0.25) is 0 Å². The SMILES string of the molecule is [C-]#[N+]c1ccc(COc2cccc(N3CCN(C(=O)OC(C)(C)C)[C@@H](CO)C3)n2)c(F)c1. The van der Waals surface area contributed by atoms with E-state index in [1.807, 2.05) is 11.0 Å². The van der Waals surface area contributed by atoms with E-state index in [4.69, 9.17) is 16.0 Å². The lowest BCUT2D eigenvalue weighted by Gasteiger charge is -2.41. The molecule has 170 valence electrons. The van der Waals surface area contributed by atoms with Crippen LogP contribution in [-0.2, 0) is 11.3 Å². The molecule has 1 amide bonds. The van der Waals surface area contributed by atoms with Crippen LogP contribution in [0.3, 0.4) is 0 Å². The number of carbonyl (C=O) groups is 1. The molecule has 1 fully saturated rings. The normalized spacial score (nSPS) is 16.4. The number of hydrogen-bond donors (Lipinski definition) is 1. The first-order chi connectivity index (χ1) is 15.2. The van der Waals surface area contributed by atoms with Crippen LogP contribution in [0.25, 0.3) is 4.85 Å². The van der Waals surface area contributed by atoms with Gasteiger partial charge in [0.1, 0.15) is 23.8 Å². The van der Waals surface area contributed by atoms with Crippen molar-refractivity contribution in [2.75, 3.05) is 31.1 Å². The maximum Gasteiger partial charge on any atom is 0.410 e. The fraction of sp³-hybridized carbons (Fsp3) is 0.435. The van der Waals surface area contributed by atoms with Crippen LogP contribution in [-0.4, -0.2) is 59.0 Å². The van der Waals surface area contributed by atoms with Crippen LogP contribution in [0.4, 0.5) is 20.7 Å². The molecule has 1 aliphatic rings. The number of rotatable bonds is 5. The highest BCUT2D eigenvalue weighted by molar-refractivity contribution is 5.69. The molecule has 1 saturated heterocycles. The molecule has 8 nitrogen and oxygen atoms in total. The number of aromatic nitrogens is 1. The number of aliphatic hydroxyl groups is 1. The highest BCUT2D eigenvalue weighted by atomic mass is 19.1. The Morgan fingerprint density at radius 2 is 2.09 bits per heavy atom. The molecule has 1 N–H and O–H groups in total. The van der Waals surface area contributed by atoms with Crippen LogP contribution >= 0.6 is 0 Å². The second kappa shape index (κ2) is 9.83. The van der Waals surface area contributed by atoms with Gasteiger partial charge in [-0.05, 0) is 32.9 Å². The first-order valence-corrected chi connectivity index (χ1v) is 10.3. The maximum atomic E-state index is 14.1. The van der Waals surface area contributed by atoms with Crippen molar-refractivity contribution in [1.82, 2.24) is 9.88 Å². The third kappa shape index (κ3) is 5.86. The Labute approximate surface area is 187 Å². The number of piperazine rings is 1. The van der Waals surface area contributed by atoms with E-state index in [2.05, 4.69) is 9.83 Å². The number of benzene rings is 1. The lowest BCUT2D eigenvalue weighted by molar-refractivity contribution is 0.00698. The monoisotopic (exact) mass is 442 g/mol. The molecule has 32 heavy (non-hydrogen) atoms. The molecular weight excluding hydrogens is 415 g/mol. The minimum Gasteiger partial charge on any atom is -0.473 e. The highest BCUT2D eigenvalue weighted by Crippen LogP contribution is 2.23. The van der Waals surface area contributed by atoms with Gasteiger partial charge in [-0.25, -0.2) is 14.0 Å². The molecule has 0 aliphatic carbocycles. The summed E-state index contributed by atoms with van der Waals surface area (Å²) in [5.74, 6) is 0.457.